The van der Waals surface area contributed by atoms with Crippen LogP contribution in [0.2, 0.25) is 0 Å². The van der Waals surface area contributed by atoms with Crippen LogP contribution in [0, 0.1) is 11.7 Å². The van der Waals surface area contributed by atoms with E-state index in [0.717, 1.165) is 6.42 Å². The molecule has 3 fully saturated rings. The Labute approximate surface area is 275 Å². The van der Waals surface area contributed by atoms with E-state index in [4.69, 9.17) is 14.6 Å². The van der Waals surface area contributed by atoms with Crippen LogP contribution in [0.3, 0.4) is 0 Å². The number of halogens is 4. The van der Waals surface area contributed by atoms with Crippen LogP contribution >= 0.6 is 0 Å². The van der Waals surface area contributed by atoms with E-state index in [1.165, 1.54) is 17.0 Å². The number of ether oxygens (including phenoxy) is 3. The van der Waals surface area contributed by atoms with Crippen molar-refractivity contribution in [1.29, 1.82) is 0 Å². The lowest BCUT2D eigenvalue weighted by atomic mass is 9.92. The van der Waals surface area contributed by atoms with Gasteiger partial charge in [-0.25, -0.2) is 9.18 Å². The zero-order valence-corrected chi connectivity index (χ0v) is 26.6. The van der Waals surface area contributed by atoms with Crippen molar-refractivity contribution in [2.24, 2.45) is 5.92 Å². The molecular formula is C31H45F4N3O10. The minimum Gasteiger partial charge on any atom is -0.493 e. The second-order valence-electron chi connectivity index (χ2n) is 12.7. The number of aliphatic hydroxyl groups excluding tert-OH is 5. The molecular weight excluding hydrogens is 650 g/mol. The molecule has 0 radical (unpaired) electrons. The van der Waals surface area contributed by atoms with Gasteiger partial charge in [0.1, 0.15) is 29.9 Å². The Balaban J connectivity index is 1.11. The largest absolute Gasteiger partial charge is 0.493 e. The van der Waals surface area contributed by atoms with Crippen molar-refractivity contribution in [3.05, 3.63) is 29.6 Å². The number of carbonyl (C=O) groups excluding carboxylic acids is 2. The van der Waals surface area contributed by atoms with E-state index < -0.39 is 67.9 Å². The van der Waals surface area contributed by atoms with Crippen molar-refractivity contribution in [2.75, 3.05) is 72.2 Å². The number of hydrogen-bond donors (Lipinski definition) is 5. The van der Waals surface area contributed by atoms with Crippen molar-refractivity contribution in [2.45, 2.75) is 68.3 Å². The molecule has 3 aliphatic heterocycles. The maximum absolute atomic E-state index is 14.8. The average molecular weight is 696 g/mol. The standard InChI is InChI=1S/C31H45F4N3O10/c32-23-15-22(47-13-1-2-20-5-7-38(8-6-20)29(45)48-30(18-46-19-30)31(33,34)35)4-3-21(23)14-26(42)37-11-9-36(10-12-37)16-24(40)27(43)28(44)25(41)17-39/h3-4,15,20,24-25,27-28,39-41,43-44H,1-2,5-14,16-19H2. The quantitative estimate of drug-likeness (QED) is 0.134. The number of β-amino-alcohol motifs (C(OH)–C–C–N with tert-alkyl or cyclic N) is 1. The van der Waals surface area contributed by atoms with Gasteiger partial charge in [-0.05, 0) is 43.2 Å². The molecule has 3 aliphatic rings. The number of piperidine rings is 1. The lowest BCUT2D eigenvalue weighted by molar-refractivity contribution is -0.333. The van der Waals surface area contributed by atoms with Crippen LogP contribution in [-0.2, 0) is 20.7 Å². The van der Waals surface area contributed by atoms with Crippen molar-refractivity contribution >= 4 is 12.0 Å². The highest BCUT2D eigenvalue weighted by Crippen LogP contribution is 2.40. The average Bonchev–Trinajstić information content (AvgIpc) is 3.04. The van der Waals surface area contributed by atoms with Gasteiger partial charge < -0.3 is 49.5 Å². The van der Waals surface area contributed by atoms with Gasteiger partial charge in [-0.15, -0.1) is 0 Å². The van der Waals surface area contributed by atoms with Crippen LogP contribution in [0.1, 0.15) is 31.2 Å². The second-order valence-corrected chi connectivity index (χ2v) is 12.7. The number of amides is 2. The highest BCUT2D eigenvalue weighted by atomic mass is 19.4. The van der Waals surface area contributed by atoms with Crippen LogP contribution in [0.5, 0.6) is 5.75 Å². The molecule has 17 heteroatoms. The molecule has 0 bridgehead atoms. The van der Waals surface area contributed by atoms with E-state index in [1.807, 2.05) is 0 Å². The predicted molar refractivity (Wildman–Crippen MR) is 159 cm³/mol. The Hall–Kier alpha value is -2.80. The summed E-state index contributed by atoms with van der Waals surface area (Å²) in [6.07, 6.45) is -9.56. The van der Waals surface area contributed by atoms with E-state index in [9.17, 15) is 47.6 Å². The predicted octanol–water partition coefficient (Wildman–Crippen LogP) is 0.287. The summed E-state index contributed by atoms with van der Waals surface area (Å²) in [6, 6.07) is 4.31. The van der Waals surface area contributed by atoms with Gasteiger partial charge >= 0.3 is 12.3 Å². The van der Waals surface area contributed by atoms with Crippen LogP contribution < -0.4 is 4.74 Å². The molecule has 4 atom stereocenters. The number of alkyl halides is 3. The van der Waals surface area contributed by atoms with E-state index in [2.05, 4.69) is 4.74 Å². The summed E-state index contributed by atoms with van der Waals surface area (Å²) in [5, 5.41) is 48.4. The number of rotatable bonds is 14. The van der Waals surface area contributed by atoms with Gasteiger partial charge in [-0.3, -0.25) is 9.69 Å². The SMILES string of the molecule is O=C(Cc1ccc(OCCCC2CCN(C(=O)OC3(C(F)(F)F)COC3)CC2)cc1F)N1CCN(CC(O)C(O)C(O)C(O)CO)CC1. The lowest BCUT2D eigenvalue weighted by Crippen LogP contribution is -2.64. The fraction of sp³-hybridized carbons (Fsp3) is 0.742. The first-order valence-corrected chi connectivity index (χ1v) is 16.1. The molecule has 3 heterocycles. The summed E-state index contributed by atoms with van der Waals surface area (Å²) >= 11 is 0. The number of hydrogen-bond acceptors (Lipinski definition) is 11. The van der Waals surface area contributed by atoms with Crippen molar-refractivity contribution in [3.63, 3.8) is 0 Å². The Morgan fingerprint density at radius 2 is 1.60 bits per heavy atom. The van der Waals surface area contributed by atoms with Gasteiger partial charge in [0.15, 0.2) is 0 Å². The molecule has 0 aromatic heterocycles. The molecule has 4 unspecified atom stereocenters. The minimum atomic E-state index is -4.69. The first kappa shape index (κ1) is 38.0. The van der Waals surface area contributed by atoms with Crippen LogP contribution in [0.15, 0.2) is 18.2 Å². The molecule has 1 aromatic rings. The smallest absolute Gasteiger partial charge is 0.433 e. The third-order valence-corrected chi connectivity index (χ3v) is 9.23. The van der Waals surface area contributed by atoms with Crippen molar-refractivity contribution in [1.82, 2.24) is 14.7 Å². The highest BCUT2D eigenvalue weighted by Gasteiger charge is 2.64. The number of carbonyl (C=O) groups is 2. The Morgan fingerprint density at radius 3 is 2.17 bits per heavy atom. The summed E-state index contributed by atoms with van der Waals surface area (Å²) < 4.78 is 69.7. The first-order chi connectivity index (χ1) is 22.7. The molecule has 2 amide bonds. The molecule has 48 heavy (non-hydrogen) atoms. The number of nitrogens with zero attached hydrogens (tertiary/aromatic N) is 3. The van der Waals surface area contributed by atoms with Gasteiger partial charge in [0.25, 0.3) is 5.60 Å². The molecule has 13 nitrogen and oxygen atoms in total. The number of benzene rings is 1. The zero-order chi connectivity index (χ0) is 35.1. The highest BCUT2D eigenvalue weighted by molar-refractivity contribution is 5.79. The molecule has 3 saturated heterocycles. The maximum atomic E-state index is 14.8. The third kappa shape index (κ3) is 9.67. The van der Waals surface area contributed by atoms with Crippen LogP contribution in [0.4, 0.5) is 22.4 Å². The van der Waals surface area contributed by atoms with Crippen molar-refractivity contribution in [3.8, 4) is 5.75 Å². The van der Waals surface area contributed by atoms with E-state index in [-0.39, 0.29) is 43.4 Å². The first-order valence-electron chi connectivity index (χ1n) is 16.1. The Morgan fingerprint density at radius 1 is 0.958 bits per heavy atom. The Bertz CT molecular complexity index is 1210. The lowest BCUT2D eigenvalue weighted by Gasteiger charge is -2.43. The van der Waals surface area contributed by atoms with Gasteiger partial charge in [-0.2, -0.15) is 13.2 Å². The van der Waals surface area contributed by atoms with Gasteiger partial charge in [0, 0.05) is 51.9 Å². The topological polar surface area (TPSA) is 173 Å². The van der Waals surface area contributed by atoms with Crippen LogP contribution in [-0.4, -0.2) is 161 Å². The monoisotopic (exact) mass is 695 g/mol. The number of likely N-dealkylation sites (tertiary alicyclic amines) is 1. The summed E-state index contributed by atoms with van der Waals surface area (Å²) in [7, 11) is 0. The van der Waals surface area contributed by atoms with Crippen LogP contribution in [0.25, 0.3) is 0 Å². The van der Waals surface area contributed by atoms with Gasteiger partial charge in [0.2, 0.25) is 5.91 Å². The summed E-state index contributed by atoms with van der Waals surface area (Å²) in [5.41, 5.74) is -2.36. The third-order valence-electron chi connectivity index (χ3n) is 9.23. The fourth-order valence-electron chi connectivity index (χ4n) is 5.92. The summed E-state index contributed by atoms with van der Waals surface area (Å²) in [5.74, 6) is -0.296. The molecule has 0 saturated carbocycles. The molecule has 1 aromatic carbocycles. The molecule has 0 aliphatic carbocycles. The number of piperazine rings is 1. The maximum Gasteiger partial charge on any atom is 0.433 e. The van der Waals surface area contributed by atoms with E-state index in [1.54, 1.807) is 15.9 Å². The molecule has 5 N–H and O–H groups in total. The molecule has 4 rings (SSSR count). The van der Waals surface area contributed by atoms with Gasteiger partial charge in [0.05, 0.1) is 39.0 Å². The fourth-order valence-corrected chi connectivity index (χ4v) is 5.92. The van der Waals surface area contributed by atoms with E-state index >= 15 is 0 Å². The molecule has 272 valence electrons. The number of aliphatic hydroxyl groups is 5. The normalized spacial score (nSPS) is 21.6. The zero-order valence-electron chi connectivity index (χ0n) is 26.6. The Kier molecular flexibility index (Phi) is 13.3. The summed E-state index contributed by atoms with van der Waals surface area (Å²) in [6.45, 7) is 0.0615. The van der Waals surface area contributed by atoms with E-state index in [0.29, 0.717) is 57.8 Å². The van der Waals surface area contributed by atoms with Gasteiger partial charge in [-0.1, -0.05) is 6.07 Å². The minimum absolute atomic E-state index is 0.0183. The second kappa shape index (κ2) is 16.7. The molecule has 0 spiro atoms. The summed E-state index contributed by atoms with van der Waals surface area (Å²) in [4.78, 5) is 29.8. The van der Waals surface area contributed by atoms with Crippen molar-refractivity contribution < 1.29 is 66.9 Å².